The van der Waals surface area contributed by atoms with Crippen molar-refractivity contribution in [3.63, 3.8) is 0 Å². The topological polar surface area (TPSA) is 86.8 Å². The summed E-state index contributed by atoms with van der Waals surface area (Å²) in [5, 5.41) is 20.8. The van der Waals surface area contributed by atoms with Crippen LogP contribution in [0.15, 0.2) is 77.6 Å². The Morgan fingerprint density at radius 1 is 0.944 bits per heavy atom. The van der Waals surface area contributed by atoms with Gasteiger partial charge in [0, 0.05) is 29.0 Å². The highest BCUT2D eigenvalue weighted by Crippen LogP contribution is 2.37. The molecule has 2 heterocycles. The van der Waals surface area contributed by atoms with Gasteiger partial charge in [0.15, 0.2) is 5.76 Å². The van der Waals surface area contributed by atoms with E-state index in [-0.39, 0.29) is 16.4 Å². The van der Waals surface area contributed by atoms with Crippen molar-refractivity contribution in [2.45, 2.75) is 6.04 Å². The summed E-state index contributed by atoms with van der Waals surface area (Å²) in [6.45, 7) is 0. The average molecular weight is 522 g/mol. The Balaban J connectivity index is 1.61. The van der Waals surface area contributed by atoms with Gasteiger partial charge in [-0.3, -0.25) is 4.98 Å². The third kappa shape index (κ3) is 4.67. The molecule has 0 spiro atoms. The highest BCUT2D eigenvalue weighted by atomic mass is 35.5. The Hall–Kier alpha value is -4.19. The number of fused-ring (bicyclic) bond motifs is 1. The molecule has 0 bridgehead atoms. The molecule has 0 aliphatic heterocycles. The number of nitriles is 1. The van der Waals surface area contributed by atoms with Crippen LogP contribution in [0.4, 0.5) is 25.8 Å². The maximum absolute atomic E-state index is 13.7. The van der Waals surface area contributed by atoms with Crippen LogP contribution in [-0.4, -0.2) is 10.1 Å². The van der Waals surface area contributed by atoms with Crippen molar-refractivity contribution in [2.75, 3.05) is 10.6 Å². The number of nitrogens with zero attached hydrogens (tertiary/aromatic N) is 3. The molecule has 10 heteroatoms. The van der Waals surface area contributed by atoms with Gasteiger partial charge in [-0.15, -0.1) is 0 Å². The minimum absolute atomic E-state index is 0.0635. The van der Waals surface area contributed by atoms with Gasteiger partial charge in [-0.05, 0) is 48.0 Å². The zero-order chi connectivity index (χ0) is 25.2. The molecule has 5 aromatic rings. The first-order chi connectivity index (χ1) is 17.4. The fraction of sp³-hybridized carbons (Fsp3) is 0.0385. The Kier molecular flexibility index (Phi) is 6.42. The quantitative estimate of drug-likeness (QED) is 0.239. The first-order valence-electron chi connectivity index (χ1n) is 10.6. The summed E-state index contributed by atoms with van der Waals surface area (Å²) in [5.74, 6) is -0.423. The molecule has 0 amide bonds. The molecule has 1 unspecified atom stereocenters. The minimum atomic E-state index is -0.559. The number of rotatable bonds is 6. The third-order valence-electron chi connectivity index (χ3n) is 5.49. The number of anilines is 3. The standard InChI is InChI=1S/C26H15Cl2F2N5O/c27-20-10-17(5-6-22(20)30)34-24-15(12-31)13-32-26-19(24)9-18(11-21(26)28)35-25(23-7-8-33-36-23)14-1-3-16(29)4-2-14/h1-11,13,25,35H,(H,32,34). The summed E-state index contributed by atoms with van der Waals surface area (Å²) in [6, 6.07) is 16.9. The highest BCUT2D eigenvalue weighted by Gasteiger charge is 2.20. The Morgan fingerprint density at radius 3 is 2.42 bits per heavy atom. The smallest absolute Gasteiger partial charge is 0.163 e. The summed E-state index contributed by atoms with van der Waals surface area (Å²) in [6.07, 6.45) is 2.92. The number of hydrogen-bond donors (Lipinski definition) is 2. The van der Waals surface area contributed by atoms with Gasteiger partial charge in [-0.2, -0.15) is 5.26 Å². The third-order valence-corrected chi connectivity index (χ3v) is 6.07. The highest BCUT2D eigenvalue weighted by molar-refractivity contribution is 6.36. The molecule has 2 N–H and O–H groups in total. The second kappa shape index (κ2) is 9.82. The van der Waals surface area contributed by atoms with E-state index in [4.69, 9.17) is 27.7 Å². The Labute approximate surface area is 214 Å². The molecule has 178 valence electrons. The van der Waals surface area contributed by atoms with Crippen molar-refractivity contribution in [1.29, 1.82) is 5.26 Å². The maximum atomic E-state index is 13.7. The van der Waals surface area contributed by atoms with E-state index in [9.17, 15) is 14.0 Å². The number of pyridine rings is 1. The number of benzene rings is 3. The van der Waals surface area contributed by atoms with Crippen LogP contribution in [0.1, 0.15) is 22.9 Å². The molecule has 1 atom stereocenters. The Bertz CT molecular complexity index is 1600. The van der Waals surface area contributed by atoms with Crippen molar-refractivity contribution >= 4 is 51.2 Å². The summed E-state index contributed by atoms with van der Waals surface area (Å²) in [7, 11) is 0. The van der Waals surface area contributed by atoms with Gasteiger partial charge in [0.1, 0.15) is 23.7 Å². The van der Waals surface area contributed by atoms with Gasteiger partial charge in [0.2, 0.25) is 0 Å². The molecule has 36 heavy (non-hydrogen) atoms. The lowest BCUT2D eigenvalue weighted by Crippen LogP contribution is -2.12. The van der Waals surface area contributed by atoms with E-state index in [0.29, 0.717) is 38.7 Å². The van der Waals surface area contributed by atoms with Crippen molar-refractivity contribution in [3.05, 3.63) is 112 Å². The molecule has 0 aliphatic rings. The van der Waals surface area contributed by atoms with Gasteiger partial charge in [-0.25, -0.2) is 8.78 Å². The fourth-order valence-electron chi connectivity index (χ4n) is 3.80. The van der Waals surface area contributed by atoms with Gasteiger partial charge in [0.05, 0.1) is 33.0 Å². The van der Waals surface area contributed by atoms with E-state index in [1.807, 2.05) is 0 Å². The summed E-state index contributed by atoms with van der Waals surface area (Å²) in [4.78, 5) is 4.35. The molecule has 0 radical (unpaired) electrons. The molecular formula is C26H15Cl2F2N5O. The van der Waals surface area contributed by atoms with Crippen molar-refractivity contribution < 1.29 is 13.3 Å². The lowest BCUT2D eigenvalue weighted by molar-refractivity contribution is 0.377. The number of nitrogens with one attached hydrogen (secondary N) is 2. The zero-order valence-electron chi connectivity index (χ0n) is 18.3. The van der Waals surface area contributed by atoms with Crippen LogP contribution in [0.25, 0.3) is 10.9 Å². The first kappa shape index (κ1) is 23.5. The predicted molar refractivity (Wildman–Crippen MR) is 135 cm³/mol. The van der Waals surface area contributed by atoms with E-state index < -0.39 is 11.9 Å². The van der Waals surface area contributed by atoms with E-state index in [1.54, 1.807) is 30.3 Å². The lowest BCUT2D eigenvalue weighted by atomic mass is 10.0. The average Bonchev–Trinajstić information content (AvgIpc) is 3.40. The van der Waals surface area contributed by atoms with E-state index in [2.05, 4.69) is 26.8 Å². The van der Waals surface area contributed by atoms with Crippen LogP contribution >= 0.6 is 23.2 Å². The summed E-state index contributed by atoms with van der Waals surface area (Å²) < 4.78 is 32.6. The van der Waals surface area contributed by atoms with Crippen LogP contribution < -0.4 is 10.6 Å². The van der Waals surface area contributed by atoms with Gasteiger partial charge in [0.25, 0.3) is 0 Å². The number of halogens is 4. The van der Waals surface area contributed by atoms with Crippen LogP contribution in [0.5, 0.6) is 0 Å². The number of hydrogen-bond acceptors (Lipinski definition) is 6. The Morgan fingerprint density at radius 2 is 1.72 bits per heavy atom. The normalized spacial score (nSPS) is 11.8. The van der Waals surface area contributed by atoms with Crippen LogP contribution in [0.3, 0.4) is 0 Å². The van der Waals surface area contributed by atoms with Gasteiger partial charge in [-0.1, -0.05) is 40.5 Å². The van der Waals surface area contributed by atoms with Gasteiger partial charge < -0.3 is 15.2 Å². The molecule has 3 aromatic carbocycles. The largest absolute Gasteiger partial charge is 0.371 e. The molecule has 2 aromatic heterocycles. The van der Waals surface area contributed by atoms with E-state index in [0.717, 1.165) is 5.56 Å². The first-order valence-corrected chi connectivity index (χ1v) is 11.4. The molecule has 6 nitrogen and oxygen atoms in total. The minimum Gasteiger partial charge on any atom is -0.371 e. The van der Waals surface area contributed by atoms with Crippen molar-refractivity contribution in [2.24, 2.45) is 0 Å². The molecule has 5 rings (SSSR count). The second-order valence-corrected chi connectivity index (χ2v) is 8.62. The second-order valence-electron chi connectivity index (χ2n) is 7.81. The van der Waals surface area contributed by atoms with Crippen molar-refractivity contribution in [1.82, 2.24) is 10.1 Å². The van der Waals surface area contributed by atoms with Crippen LogP contribution in [0.2, 0.25) is 10.0 Å². The predicted octanol–water partition coefficient (Wildman–Crippen LogP) is 7.62. The summed E-state index contributed by atoms with van der Waals surface area (Å²) >= 11 is 12.5. The molecule has 0 aliphatic carbocycles. The molecule has 0 fully saturated rings. The van der Waals surface area contributed by atoms with Gasteiger partial charge >= 0.3 is 0 Å². The summed E-state index contributed by atoms with van der Waals surface area (Å²) in [5.41, 5.74) is 2.92. The lowest BCUT2D eigenvalue weighted by Gasteiger charge is -2.19. The number of aromatic nitrogens is 2. The fourth-order valence-corrected chi connectivity index (χ4v) is 4.24. The monoisotopic (exact) mass is 521 g/mol. The maximum Gasteiger partial charge on any atom is 0.163 e. The molecule has 0 saturated carbocycles. The zero-order valence-corrected chi connectivity index (χ0v) is 19.8. The van der Waals surface area contributed by atoms with E-state index in [1.165, 1.54) is 42.7 Å². The van der Waals surface area contributed by atoms with E-state index >= 15 is 0 Å². The van der Waals surface area contributed by atoms with Crippen molar-refractivity contribution in [3.8, 4) is 6.07 Å². The SMILES string of the molecule is N#Cc1cnc2c(Cl)cc(NC(c3ccc(F)cc3)c3ccno3)cc2c1Nc1ccc(F)c(Cl)c1. The van der Waals surface area contributed by atoms with Crippen LogP contribution in [0, 0.1) is 23.0 Å². The molecule has 0 saturated heterocycles. The molecular weight excluding hydrogens is 507 g/mol. The van der Waals surface area contributed by atoms with Crippen LogP contribution in [-0.2, 0) is 0 Å².